The van der Waals surface area contributed by atoms with Gasteiger partial charge in [0.15, 0.2) is 5.69 Å². The van der Waals surface area contributed by atoms with Crippen molar-refractivity contribution in [2.75, 3.05) is 5.32 Å². The van der Waals surface area contributed by atoms with Crippen LogP contribution in [0.15, 0.2) is 30.5 Å². The number of rotatable bonds is 5. The maximum Gasteiger partial charge on any atom is 0.356 e. The Morgan fingerprint density at radius 1 is 1.38 bits per heavy atom. The van der Waals surface area contributed by atoms with E-state index in [2.05, 4.69) is 15.3 Å². The van der Waals surface area contributed by atoms with Crippen molar-refractivity contribution in [3.05, 3.63) is 52.6 Å². The van der Waals surface area contributed by atoms with Gasteiger partial charge in [-0.1, -0.05) is 43.6 Å². The lowest BCUT2D eigenvalue weighted by molar-refractivity contribution is 0.0691. The minimum absolute atomic E-state index is 0.0271. The molecule has 0 aliphatic carbocycles. The number of nitrogens with zero attached hydrogens (tertiary/aromatic N) is 2. The molecule has 1 aromatic carbocycles. The molecule has 6 heteroatoms. The Morgan fingerprint density at radius 2 is 2.10 bits per heavy atom. The predicted octanol–water partition coefficient (Wildman–Crippen LogP) is 3.56. The third kappa shape index (κ3) is 3.70. The third-order valence-corrected chi connectivity index (χ3v) is 3.32. The maximum absolute atomic E-state index is 11.3. The summed E-state index contributed by atoms with van der Waals surface area (Å²) in [6.45, 7) is 4.24. The van der Waals surface area contributed by atoms with Gasteiger partial charge in [-0.2, -0.15) is 0 Å². The lowest BCUT2D eigenvalue weighted by Crippen LogP contribution is -2.12. The molecule has 0 amide bonds. The van der Waals surface area contributed by atoms with Gasteiger partial charge in [0.2, 0.25) is 0 Å². The van der Waals surface area contributed by atoms with Crippen molar-refractivity contribution in [1.82, 2.24) is 9.97 Å². The first-order valence-electron chi connectivity index (χ1n) is 6.56. The highest BCUT2D eigenvalue weighted by atomic mass is 35.5. The van der Waals surface area contributed by atoms with E-state index in [1.165, 1.54) is 6.20 Å². The van der Waals surface area contributed by atoms with Gasteiger partial charge in [0.05, 0.1) is 11.9 Å². The molecule has 0 atom stereocenters. The normalized spacial score (nSPS) is 10.7. The molecule has 2 aromatic rings. The molecule has 110 valence electrons. The van der Waals surface area contributed by atoms with Crippen LogP contribution < -0.4 is 5.32 Å². The van der Waals surface area contributed by atoms with Crippen LogP contribution in [0.2, 0.25) is 5.02 Å². The number of halogens is 1. The van der Waals surface area contributed by atoms with E-state index in [4.69, 9.17) is 11.6 Å². The van der Waals surface area contributed by atoms with Gasteiger partial charge in [-0.05, 0) is 11.6 Å². The molecule has 2 N–H and O–H groups in total. The van der Waals surface area contributed by atoms with Crippen molar-refractivity contribution in [2.24, 2.45) is 0 Å². The fourth-order valence-electron chi connectivity index (χ4n) is 1.80. The first-order valence-corrected chi connectivity index (χ1v) is 6.94. The molecule has 0 spiro atoms. The Hall–Kier alpha value is -2.14. The van der Waals surface area contributed by atoms with E-state index >= 15 is 0 Å². The van der Waals surface area contributed by atoms with E-state index in [1.54, 1.807) is 6.07 Å². The summed E-state index contributed by atoms with van der Waals surface area (Å²) < 4.78 is 0. The van der Waals surface area contributed by atoms with Gasteiger partial charge in [-0.3, -0.25) is 0 Å². The molecule has 0 saturated heterocycles. The van der Waals surface area contributed by atoms with E-state index in [-0.39, 0.29) is 11.6 Å². The number of benzene rings is 1. The van der Waals surface area contributed by atoms with Crippen molar-refractivity contribution in [2.45, 2.75) is 26.3 Å². The van der Waals surface area contributed by atoms with E-state index in [9.17, 15) is 9.90 Å². The fourth-order valence-corrected chi connectivity index (χ4v) is 2.00. The topological polar surface area (TPSA) is 75.1 Å². The average molecular weight is 306 g/mol. The average Bonchev–Trinajstić information content (AvgIpc) is 2.46. The number of carboxylic acids is 1. The number of nitrogens with one attached hydrogen (secondary N) is 1. The largest absolute Gasteiger partial charge is 0.476 e. The summed E-state index contributed by atoms with van der Waals surface area (Å²) in [6.07, 6.45) is 1.50. The molecule has 0 saturated carbocycles. The van der Waals surface area contributed by atoms with Crippen molar-refractivity contribution in [1.29, 1.82) is 0 Å². The lowest BCUT2D eigenvalue weighted by Gasteiger charge is -2.11. The molecular formula is C15H16ClN3O2. The Balaban J connectivity index is 2.24. The quantitative estimate of drug-likeness (QED) is 0.883. The van der Waals surface area contributed by atoms with Gasteiger partial charge in [0.1, 0.15) is 5.82 Å². The Kier molecular flexibility index (Phi) is 4.75. The van der Waals surface area contributed by atoms with Crippen molar-refractivity contribution in [3.63, 3.8) is 0 Å². The van der Waals surface area contributed by atoms with E-state index in [1.807, 2.05) is 32.0 Å². The number of carbonyl (C=O) groups is 1. The Morgan fingerprint density at radius 3 is 2.71 bits per heavy atom. The summed E-state index contributed by atoms with van der Waals surface area (Å²) >= 11 is 6.07. The van der Waals surface area contributed by atoms with Gasteiger partial charge >= 0.3 is 5.97 Å². The second-order valence-electron chi connectivity index (χ2n) is 4.90. The van der Waals surface area contributed by atoms with Crippen molar-refractivity contribution in [3.8, 4) is 0 Å². The zero-order valence-corrected chi connectivity index (χ0v) is 12.6. The molecule has 1 aromatic heterocycles. The van der Waals surface area contributed by atoms with Crippen LogP contribution in [-0.2, 0) is 6.54 Å². The van der Waals surface area contributed by atoms with Crippen LogP contribution in [0, 0.1) is 0 Å². The minimum Gasteiger partial charge on any atom is -0.476 e. The summed E-state index contributed by atoms with van der Waals surface area (Å²) in [4.78, 5) is 19.6. The molecule has 0 aliphatic rings. The van der Waals surface area contributed by atoms with E-state index < -0.39 is 5.97 Å². The predicted molar refractivity (Wildman–Crippen MR) is 81.9 cm³/mol. The summed E-state index contributed by atoms with van der Waals surface area (Å²) in [6, 6.07) is 7.38. The van der Waals surface area contributed by atoms with Crippen LogP contribution in [-0.4, -0.2) is 21.0 Å². The van der Waals surface area contributed by atoms with Crippen LogP contribution in [0.1, 0.15) is 41.6 Å². The number of aromatic carboxylic acids is 1. The smallest absolute Gasteiger partial charge is 0.356 e. The highest BCUT2D eigenvalue weighted by molar-refractivity contribution is 6.31. The van der Waals surface area contributed by atoms with E-state index in [0.29, 0.717) is 23.1 Å². The summed E-state index contributed by atoms with van der Waals surface area (Å²) in [5, 5.41) is 12.9. The zero-order chi connectivity index (χ0) is 15.4. The number of aromatic nitrogens is 2. The molecular weight excluding hydrogens is 290 g/mol. The molecule has 5 nitrogen and oxygen atoms in total. The van der Waals surface area contributed by atoms with Gasteiger partial charge in [0, 0.05) is 17.5 Å². The van der Waals surface area contributed by atoms with Crippen LogP contribution >= 0.6 is 11.6 Å². The minimum atomic E-state index is -1.08. The van der Waals surface area contributed by atoms with Gasteiger partial charge in [-0.15, -0.1) is 0 Å². The maximum atomic E-state index is 11.3. The highest BCUT2D eigenvalue weighted by Crippen LogP contribution is 2.20. The fraction of sp³-hybridized carbons (Fsp3) is 0.267. The van der Waals surface area contributed by atoms with Gasteiger partial charge in [0.25, 0.3) is 0 Å². The molecule has 1 heterocycles. The number of anilines is 1. The van der Waals surface area contributed by atoms with Crippen LogP contribution in [0.5, 0.6) is 0 Å². The number of hydrogen-bond donors (Lipinski definition) is 2. The van der Waals surface area contributed by atoms with Crippen molar-refractivity contribution < 1.29 is 9.90 Å². The van der Waals surface area contributed by atoms with E-state index in [0.717, 1.165) is 5.56 Å². The van der Waals surface area contributed by atoms with Crippen LogP contribution in [0.25, 0.3) is 0 Å². The first-order chi connectivity index (χ1) is 9.99. The highest BCUT2D eigenvalue weighted by Gasteiger charge is 2.15. The molecule has 0 bridgehead atoms. The summed E-state index contributed by atoms with van der Waals surface area (Å²) in [5.74, 6) is -0.502. The molecule has 21 heavy (non-hydrogen) atoms. The van der Waals surface area contributed by atoms with Gasteiger partial charge in [-0.25, -0.2) is 14.8 Å². The second kappa shape index (κ2) is 6.54. The molecule has 0 aliphatic heterocycles. The number of hydrogen-bond acceptors (Lipinski definition) is 4. The second-order valence-corrected chi connectivity index (χ2v) is 5.30. The standard InChI is InChI=1S/C15H16ClN3O2/c1-9(2)14-18-8-12(13(19-14)15(20)21)17-7-10-5-3-4-6-11(10)16/h3-6,8-9,17H,7H2,1-2H3,(H,20,21). The van der Waals surface area contributed by atoms with Crippen LogP contribution in [0.3, 0.4) is 0 Å². The summed E-state index contributed by atoms with van der Waals surface area (Å²) in [7, 11) is 0. The van der Waals surface area contributed by atoms with Crippen molar-refractivity contribution >= 4 is 23.3 Å². The Bertz CT molecular complexity index is 659. The molecule has 0 unspecified atom stereocenters. The lowest BCUT2D eigenvalue weighted by atomic mass is 10.2. The zero-order valence-electron chi connectivity index (χ0n) is 11.8. The monoisotopic (exact) mass is 305 g/mol. The SMILES string of the molecule is CC(C)c1ncc(NCc2ccccc2Cl)c(C(=O)O)n1. The third-order valence-electron chi connectivity index (χ3n) is 2.95. The van der Waals surface area contributed by atoms with Gasteiger partial charge < -0.3 is 10.4 Å². The summed E-state index contributed by atoms with van der Waals surface area (Å²) in [5.41, 5.74) is 1.23. The first kappa shape index (κ1) is 15.3. The molecule has 2 rings (SSSR count). The number of carboxylic acid groups (broad SMARTS) is 1. The van der Waals surface area contributed by atoms with Crippen LogP contribution in [0.4, 0.5) is 5.69 Å². The Labute approximate surface area is 128 Å². The molecule has 0 radical (unpaired) electrons. The molecule has 0 fully saturated rings.